The molecule has 1 aromatic carbocycles. The summed E-state index contributed by atoms with van der Waals surface area (Å²) in [5.74, 6) is 1.88. The van der Waals surface area contributed by atoms with Crippen LogP contribution in [0.25, 0.3) is 6.08 Å². The minimum Gasteiger partial charge on any atom is -0.493 e. The largest absolute Gasteiger partial charge is 0.493 e. The first-order valence-electron chi connectivity index (χ1n) is 9.62. The number of hydrogen-bond donors (Lipinski definition) is 0. The van der Waals surface area contributed by atoms with E-state index in [1.54, 1.807) is 31.4 Å². The molecule has 1 aliphatic rings. The molecule has 0 unspecified atom stereocenters. The molecule has 0 bridgehead atoms. The van der Waals surface area contributed by atoms with E-state index in [9.17, 15) is 4.79 Å². The SMILES string of the molecule is CCOc1c(Cl)cc(/C=C/C(=O)N2CCN(Cc3cc(C)no3)CC2)cc1OC. The van der Waals surface area contributed by atoms with Gasteiger partial charge in [0.15, 0.2) is 17.3 Å². The lowest BCUT2D eigenvalue weighted by Gasteiger charge is -2.33. The normalized spacial score (nSPS) is 15.1. The van der Waals surface area contributed by atoms with Gasteiger partial charge in [0.05, 0.1) is 31.0 Å². The zero-order valence-corrected chi connectivity index (χ0v) is 17.7. The van der Waals surface area contributed by atoms with Crippen molar-refractivity contribution in [2.45, 2.75) is 20.4 Å². The summed E-state index contributed by atoms with van der Waals surface area (Å²) in [6.45, 7) is 7.92. The molecule has 2 aromatic rings. The van der Waals surface area contributed by atoms with Gasteiger partial charge in [0.25, 0.3) is 0 Å². The maximum atomic E-state index is 12.6. The van der Waals surface area contributed by atoms with Gasteiger partial charge in [-0.2, -0.15) is 0 Å². The van der Waals surface area contributed by atoms with Crippen LogP contribution in [0.5, 0.6) is 11.5 Å². The molecular formula is C21H26ClN3O4. The van der Waals surface area contributed by atoms with Crippen molar-refractivity contribution in [2.75, 3.05) is 39.9 Å². The Bertz CT molecular complexity index is 873. The van der Waals surface area contributed by atoms with Gasteiger partial charge in [-0.05, 0) is 37.6 Å². The van der Waals surface area contributed by atoms with E-state index in [-0.39, 0.29) is 5.91 Å². The average molecular weight is 420 g/mol. The first-order chi connectivity index (χ1) is 14.0. The van der Waals surface area contributed by atoms with Crippen molar-refractivity contribution in [1.82, 2.24) is 15.0 Å². The molecular weight excluding hydrogens is 394 g/mol. The molecule has 0 radical (unpaired) electrons. The average Bonchev–Trinajstić information content (AvgIpc) is 3.13. The Labute approximate surface area is 175 Å². The van der Waals surface area contributed by atoms with E-state index in [1.165, 1.54) is 0 Å². The van der Waals surface area contributed by atoms with Crippen molar-refractivity contribution in [3.05, 3.63) is 46.3 Å². The Morgan fingerprint density at radius 1 is 1.28 bits per heavy atom. The highest BCUT2D eigenvalue weighted by Gasteiger charge is 2.20. The number of benzene rings is 1. The Hall–Kier alpha value is -2.51. The van der Waals surface area contributed by atoms with Crippen LogP contribution in [0.15, 0.2) is 28.8 Å². The number of methoxy groups -OCH3 is 1. The van der Waals surface area contributed by atoms with E-state index in [4.69, 9.17) is 25.6 Å². The molecule has 2 heterocycles. The van der Waals surface area contributed by atoms with Crippen LogP contribution in [-0.4, -0.2) is 60.8 Å². The second-order valence-corrected chi connectivity index (χ2v) is 7.24. The van der Waals surface area contributed by atoms with Crippen LogP contribution in [0, 0.1) is 6.92 Å². The highest BCUT2D eigenvalue weighted by atomic mass is 35.5. The van der Waals surface area contributed by atoms with Crippen molar-refractivity contribution in [1.29, 1.82) is 0 Å². The Morgan fingerprint density at radius 3 is 2.66 bits per heavy atom. The Kier molecular flexibility index (Phi) is 7.17. The summed E-state index contributed by atoms with van der Waals surface area (Å²) in [4.78, 5) is 16.6. The molecule has 1 amide bonds. The van der Waals surface area contributed by atoms with E-state index < -0.39 is 0 Å². The second kappa shape index (κ2) is 9.80. The van der Waals surface area contributed by atoms with Crippen molar-refractivity contribution >= 4 is 23.6 Å². The molecule has 0 spiro atoms. The molecule has 1 fully saturated rings. The van der Waals surface area contributed by atoms with Gasteiger partial charge in [-0.3, -0.25) is 9.69 Å². The third-order valence-corrected chi connectivity index (χ3v) is 4.98. The first-order valence-corrected chi connectivity index (χ1v) is 9.99. The molecule has 1 saturated heterocycles. The van der Waals surface area contributed by atoms with Gasteiger partial charge in [-0.25, -0.2) is 0 Å². The number of aryl methyl sites for hydroxylation is 1. The zero-order chi connectivity index (χ0) is 20.8. The minimum atomic E-state index is -0.0240. The lowest BCUT2D eigenvalue weighted by molar-refractivity contribution is -0.127. The monoisotopic (exact) mass is 419 g/mol. The van der Waals surface area contributed by atoms with Gasteiger partial charge in [0.2, 0.25) is 5.91 Å². The van der Waals surface area contributed by atoms with Crippen molar-refractivity contribution in [3.63, 3.8) is 0 Å². The summed E-state index contributed by atoms with van der Waals surface area (Å²) >= 11 is 6.29. The van der Waals surface area contributed by atoms with Crippen LogP contribution in [0.2, 0.25) is 5.02 Å². The number of piperazine rings is 1. The fourth-order valence-corrected chi connectivity index (χ4v) is 3.50. The summed E-state index contributed by atoms with van der Waals surface area (Å²) < 4.78 is 16.1. The number of ether oxygens (including phenoxy) is 2. The number of rotatable bonds is 7. The number of nitrogens with zero attached hydrogens (tertiary/aromatic N) is 3. The van der Waals surface area contributed by atoms with Gasteiger partial charge in [-0.1, -0.05) is 16.8 Å². The van der Waals surface area contributed by atoms with Crippen molar-refractivity contribution in [2.24, 2.45) is 0 Å². The van der Waals surface area contributed by atoms with Gasteiger partial charge in [0.1, 0.15) is 0 Å². The Balaban J connectivity index is 1.56. The van der Waals surface area contributed by atoms with Crippen molar-refractivity contribution < 1.29 is 18.8 Å². The second-order valence-electron chi connectivity index (χ2n) is 6.84. The summed E-state index contributed by atoms with van der Waals surface area (Å²) in [5.41, 5.74) is 1.66. The number of aromatic nitrogens is 1. The third-order valence-electron chi connectivity index (χ3n) is 4.70. The number of carbonyl (C=O) groups excluding carboxylic acids is 1. The molecule has 7 nitrogen and oxygen atoms in total. The zero-order valence-electron chi connectivity index (χ0n) is 17.0. The fourth-order valence-electron chi connectivity index (χ4n) is 3.23. The maximum absolute atomic E-state index is 12.6. The van der Waals surface area contributed by atoms with Crippen LogP contribution >= 0.6 is 11.6 Å². The lowest BCUT2D eigenvalue weighted by Crippen LogP contribution is -2.47. The van der Waals surface area contributed by atoms with Crippen LogP contribution in [0.3, 0.4) is 0 Å². The van der Waals surface area contributed by atoms with E-state index in [2.05, 4.69) is 10.1 Å². The van der Waals surface area contributed by atoms with E-state index >= 15 is 0 Å². The molecule has 1 aliphatic heterocycles. The number of amides is 1. The molecule has 8 heteroatoms. The summed E-state index contributed by atoms with van der Waals surface area (Å²) in [6.07, 6.45) is 3.32. The topological polar surface area (TPSA) is 68.0 Å². The van der Waals surface area contributed by atoms with Crippen LogP contribution in [0.4, 0.5) is 0 Å². The molecule has 29 heavy (non-hydrogen) atoms. The molecule has 0 atom stereocenters. The van der Waals surface area contributed by atoms with E-state index in [0.29, 0.717) is 42.8 Å². The summed E-state index contributed by atoms with van der Waals surface area (Å²) in [5, 5.41) is 4.36. The van der Waals surface area contributed by atoms with Crippen LogP contribution in [0.1, 0.15) is 23.9 Å². The quantitative estimate of drug-likeness (QED) is 0.641. The predicted octanol–water partition coefficient (Wildman–Crippen LogP) is 3.40. The maximum Gasteiger partial charge on any atom is 0.246 e. The fraction of sp³-hybridized carbons (Fsp3) is 0.429. The van der Waals surface area contributed by atoms with Crippen molar-refractivity contribution in [3.8, 4) is 11.5 Å². The molecule has 3 rings (SSSR count). The molecule has 0 N–H and O–H groups in total. The third kappa shape index (κ3) is 5.52. The van der Waals surface area contributed by atoms with Gasteiger partial charge in [-0.15, -0.1) is 0 Å². The standard InChI is InChI=1S/C21H26ClN3O4/c1-4-28-21-18(22)12-16(13-19(21)27-3)5-6-20(26)25-9-7-24(8-10-25)14-17-11-15(2)23-29-17/h5-6,11-13H,4,7-10,14H2,1-3H3/b6-5+. The van der Waals surface area contributed by atoms with E-state index in [0.717, 1.165) is 30.1 Å². The summed E-state index contributed by atoms with van der Waals surface area (Å²) in [7, 11) is 1.56. The first kappa shape index (κ1) is 21.2. The van der Waals surface area contributed by atoms with Crippen LogP contribution in [-0.2, 0) is 11.3 Å². The molecule has 0 aliphatic carbocycles. The number of hydrogen-bond acceptors (Lipinski definition) is 6. The Morgan fingerprint density at radius 2 is 2.03 bits per heavy atom. The molecule has 156 valence electrons. The summed E-state index contributed by atoms with van der Waals surface area (Å²) in [6, 6.07) is 5.50. The lowest BCUT2D eigenvalue weighted by atomic mass is 10.1. The van der Waals surface area contributed by atoms with Gasteiger partial charge >= 0.3 is 0 Å². The highest BCUT2D eigenvalue weighted by Crippen LogP contribution is 2.36. The number of carbonyl (C=O) groups is 1. The predicted molar refractivity (Wildman–Crippen MR) is 111 cm³/mol. The van der Waals surface area contributed by atoms with Crippen LogP contribution < -0.4 is 9.47 Å². The number of halogens is 1. The van der Waals surface area contributed by atoms with Gasteiger partial charge in [0, 0.05) is 38.3 Å². The molecule has 1 aromatic heterocycles. The highest BCUT2D eigenvalue weighted by molar-refractivity contribution is 6.32. The van der Waals surface area contributed by atoms with Gasteiger partial charge < -0.3 is 18.9 Å². The van der Waals surface area contributed by atoms with E-state index in [1.807, 2.05) is 24.8 Å². The minimum absolute atomic E-state index is 0.0240. The molecule has 0 saturated carbocycles. The smallest absolute Gasteiger partial charge is 0.246 e.